The number of hydrogen-bond donors (Lipinski definition) is 0. The summed E-state index contributed by atoms with van der Waals surface area (Å²) in [7, 11) is 5.38. The maximum Gasteiger partial charge on any atom is 0.338 e. The Hall–Kier alpha value is -4.18. The van der Waals surface area contributed by atoms with Crippen LogP contribution in [0.25, 0.3) is 6.08 Å². The zero-order valence-corrected chi connectivity index (χ0v) is 22.9. The molecule has 38 heavy (non-hydrogen) atoms. The minimum Gasteiger partial charge on any atom is -0.493 e. The van der Waals surface area contributed by atoms with Gasteiger partial charge in [-0.3, -0.25) is 14.2 Å². The van der Waals surface area contributed by atoms with E-state index in [1.54, 1.807) is 32.0 Å². The number of methoxy groups -OCH3 is 1. The number of nitrogens with zero attached hydrogens (tertiary/aromatic N) is 3. The Labute approximate surface area is 223 Å². The molecule has 0 saturated carbocycles. The van der Waals surface area contributed by atoms with Gasteiger partial charge >= 0.3 is 11.9 Å². The highest BCUT2D eigenvalue weighted by molar-refractivity contribution is 7.07. The summed E-state index contributed by atoms with van der Waals surface area (Å²) < 4.78 is 18.0. The van der Waals surface area contributed by atoms with Crippen molar-refractivity contribution in [3.63, 3.8) is 0 Å². The summed E-state index contributed by atoms with van der Waals surface area (Å²) in [5, 5.41) is 0. The third-order valence-corrected chi connectivity index (χ3v) is 6.96. The van der Waals surface area contributed by atoms with Crippen LogP contribution in [-0.2, 0) is 14.3 Å². The molecule has 2 aromatic carbocycles. The lowest BCUT2D eigenvalue weighted by Crippen LogP contribution is -2.40. The van der Waals surface area contributed by atoms with Gasteiger partial charge in [0.05, 0.1) is 35.6 Å². The number of benzene rings is 2. The van der Waals surface area contributed by atoms with Crippen LogP contribution in [-0.4, -0.2) is 44.3 Å². The third-order valence-electron chi connectivity index (χ3n) is 5.98. The van der Waals surface area contributed by atoms with Crippen LogP contribution in [0.2, 0.25) is 0 Å². The van der Waals surface area contributed by atoms with Crippen LogP contribution in [0.1, 0.15) is 37.9 Å². The molecule has 198 valence electrons. The van der Waals surface area contributed by atoms with Crippen molar-refractivity contribution in [1.29, 1.82) is 0 Å². The van der Waals surface area contributed by atoms with Crippen LogP contribution in [0, 0.1) is 0 Å². The molecule has 0 saturated heterocycles. The number of anilines is 1. The lowest BCUT2D eigenvalue weighted by molar-refractivity contribution is -0.139. The lowest BCUT2D eigenvalue weighted by Gasteiger charge is -2.25. The number of ether oxygens (including phenoxy) is 3. The number of thiazole rings is 1. The van der Waals surface area contributed by atoms with Crippen molar-refractivity contribution < 1.29 is 23.8 Å². The van der Waals surface area contributed by atoms with Crippen molar-refractivity contribution in [3.05, 3.63) is 84.5 Å². The van der Waals surface area contributed by atoms with Crippen molar-refractivity contribution in [3.8, 4) is 11.5 Å². The number of hydrogen-bond acceptors (Lipinski definition) is 9. The third kappa shape index (κ3) is 5.26. The second kappa shape index (κ2) is 11.1. The van der Waals surface area contributed by atoms with E-state index in [0.29, 0.717) is 26.3 Å². The Morgan fingerprint density at radius 3 is 2.45 bits per heavy atom. The van der Waals surface area contributed by atoms with Gasteiger partial charge in [-0.15, -0.1) is 0 Å². The smallest absolute Gasteiger partial charge is 0.338 e. The molecule has 1 aromatic heterocycles. The molecule has 10 heteroatoms. The molecule has 0 radical (unpaired) electrons. The first-order valence-corrected chi connectivity index (χ1v) is 12.8. The average Bonchev–Trinajstić information content (AvgIpc) is 3.17. The SMILES string of the molecule is CCOC(=O)C1=C(C)N=c2s/c(=C/c3ccc(N(C)C)cc3)c(=O)n2C1c1ccc(OC(C)=O)c(OC)c1. The van der Waals surface area contributed by atoms with E-state index >= 15 is 0 Å². The summed E-state index contributed by atoms with van der Waals surface area (Å²) in [6.07, 6.45) is 1.81. The van der Waals surface area contributed by atoms with E-state index in [1.165, 1.54) is 29.9 Å². The maximum atomic E-state index is 13.8. The Balaban J connectivity index is 1.91. The monoisotopic (exact) mass is 535 g/mol. The number of fused-ring (bicyclic) bond motifs is 1. The zero-order chi connectivity index (χ0) is 27.6. The number of rotatable bonds is 7. The molecule has 0 spiro atoms. The highest BCUT2D eigenvalue weighted by atomic mass is 32.1. The van der Waals surface area contributed by atoms with E-state index in [0.717, 1.165) is 11.3 Å². The van der Waals surface area contributed by atoms with Crippen LogP contribution in [0.4, 0.5) is 5.69 Å². The molecular formula is C28H29N3O6S. The van der Waals surface area contributed by atoms with Crippen LogP contribution in [0.5, 0.6) is 11.5 Å². The summed E-state index contributed by atoms with van der Waals surface area (Å²) in [6, 6.07) is 12.0. The molecule has 1 aliphatic rings. The van der Waals surface area contributed by atoms with E-state index in [4.69, 9.17) is 14.2 Å². The molecule has 0 amide bonds. The van der Waals surface area contributed by atoms with Crippen LogP contribution in [0.15, 0.2) is 63.5 Å². The van der Waals surface area contributed by atoms with Crippen molar-refractivity contribution in [2.24, 2.45) is 4.99 Å². The van der Waals surface area contributed by atoms with Gasteiger partial charge in [0, 0.05) is 26.7 Å². The largest absolute Gasteiger partial charge is 0.493 e. The molecule has 0 aliphatic carbocycles. The molecule has 9 nitrogen and oxygen atoms in total. The predicted molar refractivity (Wildman–Crippen MR) is 145 cm³/mol. The first-order valence-electron chi connectivity index (χ1n) is 12.0. The fraction of sp³-hybridized carbons (Fsp3) is 0.286. The van der Waals surface area contributed by atoms with Crippen LogP contribution in [0.3, 0.4) is 0 Å². The molecule has 4 rings (SSSR count). The van der Waals surface area contributed by atoms with Gasteiger partial charge in [-0.25, -0.2) is 9.79 Å². The summed E-state index contributed by atoms with van der Waals surface area (Å²) in [5.41, 5.74) is 2.92. The zero-order valence-electron chi connectivity index (χ0n) is 22.1. The van der Waals surface area contributed by atoms with Gasteiger partial charge in [0.1, 0.15) is 0 Å². The van der Waals surface area contributed by atoms with Gasteiger partial charge in [-0.1, -0.05) is 29.5 Å². The summed E-state index contributed by atoms with van der Waals surface area (Å²) >= 11 is 1.25. The Bertz CT molecular complexity index is 1600. The van der Waals surface area contributed by atoms with Gasteiger partial charge in [0.25, 0.3) is 5.56 Å². The second-order valence-electron chi connectivity index (χ2n) is 8.79. The predicted octanol–water partition coefficient (Wildman–Crippen LogP) is 2.80. The molecule has 0 fully saturated rings. The quantitative estimate of drug-likeness (QED) is 0.339. The lowest BCUT2D eigenvalue weighted by atomic mass is 9.95. The first kappa shape index (κ1) is 26.9. The molecule has 0 bridgehead atoms. The van der Waals surface area contributed by atoms with Crippen molar-refractivity contribution in [1.82, 2.24) is 4.57 Å². The van der Waals surface area contributed by atoms with E-state index in [-0.39, 0.29) is 23.5 Å². The molecule has 3 aromatic rings. The Morgan fingerprint density at radius 2 is 1.84 bits per heavy atom. The van der Waals surface area contributed by atoms with Crippen LogP contribution >= 0.6 is 11.3 Å². The highest BCUT2D eigenvalue weighted by Crippen LogP contribution is 2.36. The summed E-state index contributed by atoms with van der Waals surface area (Å²) in [5.74, 6) is -0.532. The molecule has 1 atom stereocenters. The molecular weight excluding hydrogens is 506 g/mol. The second-order valence-corrected chi connectivity index (χ2v) is 9.80. The number of carbonyl (C=O) groups excluding carboxylic acids is 2. The van der Waals surface area contributed by atoms with E-state index < -0.39 is 18.0 Å². The van der Waals surface area contributed by atoms with Crippen molar-refractivity contribution in [2.45, 2.75) is 26.8 Å². The van der Waals surface area contributed by atoms with Crippen LogP contribution < -0.4 is 29.3 Å². The molecule has 1 unspecified atom stereocenters. The topological polar surface area (TPSA) is 99.4 Å². The Kier molecular flexibility index (Phi) is 7.82. The number of allylic oxidation sites excluding steroid dienone is 1. The minimum atomic E-state index is -0.816. The van der Waals surface area contributed by atoms with Gasteiger partial charge < -0.3 is 19.1 Å². The fourth-order valence-corrected chi connectivity index (χ4v) is 5.27. The normalized spacial score (nSPS) is 15.0. The van der Waals surface area contributed by atoms with Gasteiger partial charge in [-0.05, 0) is 55.3 Å². The molecule has 1 aliphatic heterocycles. The first-order chi connectivity index (χ1) is 18.1. The Morgan fingerprint density at radius 1 is 1.13 bits per heavy atom. The number of carbonyl (C=O) groups is 2. The number of esters is 2. The van der Waals surface area contributed by atoms with E-state index in [1.807, 2.05) is 49.3 Å². The highest BCUT2D eigenvalue weighted by Gasteiger charge is 2.34. The summed E-state index contributed by atoms with van der Waals surface area (Å²) in [6.45, 7) is 4.91. The number of aromatic nitrogens is 1. The minimum absolute atomic E-state index is 0.171. The van der Waals surface area contributed by atoms with E-state index in [9.17, 15) is 14.4 Å². The standard InChI is InChI=1S/C28H29N3O6S/c1-7-36-27(34)24-16(2)29-28-31(25(24)19-10-13-21(37-17(3)32)22(15-19)35-6)26(33)23(38-28)14-18-8-11-20(12-9-18)30(4)5/h8-15,25H,7H2,1-6H3/b23-14+. The van der Waals surface area contributed by atoms with E-state index in [2.05, 4.69) is 4.99 Å². The average molecular weight is 536 g/mol. The van der Waals surface area contributed by atoms with Crippen molar-refractivity contribution in [2.75, 3.05) is 32.7 Å². The van der Waals surface area contributed by atoms with Crippen molar-refractivity contribution >= 4 is 35.0 Å². The van der Waals surface area contributed by atoms with Gasteiger partial charge in [0.2, 0.25) is 0 Å². The molecule has 0 N–H and O–H groups in total. The van der Waals surface area contributed by atoms with Gasteiger partial charge in [0.15, 0.2) is 16.3 Å². The molecule has 2 heterocycles. The maximum absolute atomic E-state index is 13.8. The fourth-order valence-electron chi connectivity index (χ4n) is 4.22. The summed E-state index contributed by atoms with van der Waals surface area (Å²) in [4.78, 5) is 45.5. The van der Waals surface area contributed by atoms with Gasteiger partial charge in [-0.2, -0.15) is 0 Å².